The van der Waals surface area contributed by atoms with Gasteiger partial charge in [-0.1, -0.05) is 36.8 Å². The Bertz CT molecular complexity index is 1080. The third kappa shape index (κ3) is 5.03. The third-order valence-electron chi connectivity index (χ3n) is 6.62. The standard InChI is InChI=1S/C27H27FN2O2.ClH/c28-26-23(7-4-8-24(26)25-9-1-2-16-29-25)19-10-12-21(13-11-19)32-22-14-17-30(18-15-22)27(31)20-5-3-6-20;/h1-2,4,7-13,16,20,22H,3,5-6,14-15,17-18H2;1H. The largest absolute Gasteiger partial charge is 0.490 e. The van der Waals surface area contributed by atoms with Gasteiger partial charge in [0.25, 0.3) is 0 Å². The Kier molecular flexibility index (Phi) is 7.29. The summed E-state index contributed by atoms with van der Waals surface area (Å²) in [5, 5.41) is 0. The molecule has 2 aromatic carbocycles. The Hall–Kier alpha value is -2.92. The highest BCUT2D eigenvalue weighted by atomic mass is 35.5. The number of hydrogen-bond acceptors (Lipinski definition) is 3. The lowest BCUT2D eigenvalue weighted by atomic mass is 9.84. The molecule has 2 aliphatic rings. The Morgan fingerprint density at radius 1 is 0.909 bits per heavy atom. The summed E-state index contributed by atoms with van der Waals surface area (Å²) in [5.41, 5.74) is 2.46. The molecule has 1 aliphatic carbocycles. The highest BCUT2D eigenvalue weighted by Gasteiger charge is 2.32. The van der Waals surface area contributed by atoms with Crippen LogP contribution in [0.1, 0.15) is 32.1 Å². The number of benzene rings is 2. The van der Waals surface area contributed by atoms with Crippen molar-refractivity contribution in [2.75, 3.05) is 13.1 Å². The summed E-state index contributed by atoms with van der Waals surface area (Å²) in [4.78, 5) is 18.7. The molecule has 0 unspecified atom stereocenters. The molecule has 0 bridgehead atoms. The molecule has 5 rings (SSSR count). The van der Waals surface area contributed by atoms with Gasteiger partial charge in [-0.05, 0) is 48.7 Å². The van der Waals surface area contributed by atoms with E-state index in [1.807, 2.05) is 53.4 Å². The number of hydrogen-bond donors (Lipinski definition) is 0. The van der Waals surface area contributed by atoms with Crippen molar-refractivity contribution in [3.05, 3.63) is 72.7 Å². The Morgan fingerprint density at radius 2 is 1.64 bits per heavy atom. The van der Waals surface area contributed by atoms with Crippen molar-refractivity contribution in [1.82, 2.24) is 9.88 Å². The van der Waals surface area contributed by atoms with E-state index in [1.165, 1.54) is 6.42 Å². The zero-order chi connectivity index (χ0) is 21.9. The molecule has 2 heterocycles. The van der Waals surface area contributed by atoms with Gasteiger partial charge in [0.05, 0.1) is 5.69 Å². The summed E-state index contributed by atoms with van der Waals surface area (Å²) < 4.78 is 21.4. The lowest BCUT2D eigenvalue weighted by molar-refractivity contribution is -0.140. The maximum Gasteiger partial charge on any atom is 0.225 e. The topological polar surface area (TPSA) is 42.4 Å². The van der Waals surface area contributed by atoms with Gasteiger partial charge < -0.3 is 9.64 Å². The second-order valence-electron chi connectivity index (χ2n) is 8.68. The predicted molar refractivity (Wildman–Crippen MR) is 130 cm³/mol. The van der Waals surface area contributed by atoms with E-state index < -0.39 is 0 Å². The van der Waals surface area contributed by atoms with E-state index in [9.17, 15) is 4.79 Å². The molecule has 0 N–H and O–H groups in total. The van der Waals surface area contributed by atoms with Crippen LogP contribution in [-0.2, 0) is 4.79 Å². The summed E-state index contributed by atoms with van der Waals surface area (Å²) in [6, 6.07) is 18.5. The van der Waals surface area contributed by atoms with Crippen LogP contribution in [-0.4, -0.2) is 35.0 Å². The molecule has 1 saturated carbocycles. The van der Waals surface area contributed by atoms with Gasteiger partial charge in [0, 0.05) is 49.2 Å². The minimum Gasteiger partial charge on any atom is -0.490 e. The third-order valence-corrected chi connectivity index (χ3v) is 6.62. The summed E-state index contributed by atoms with van der Waals surface area (Å²) in [5.74, 6) is 1.09. The van der Waals surface area contributed by atoms with E-state index in [1.54, 1.807) is 18.3 Å². The van der Waals surface area contributed by atoms with E-state index in [0.29, 0.717) is 22.7 Å². The minimum absolute atomic E-state index is 0. The number of amides is 1. The molecule has 6 heteroatoms. The van der Waals surface area contributed by atoms with Gasteiger partial charge in [-0.2, -0.15) is 0 Å². The number of carbonyl (C=O) groups excluding carboxylic acids is 1. The monoisotopic (exact) mass is 466 g/mol. The normalized spacial score (nSPS) is 16.6. The second kappa shape index (κ2) is 10.3. The van der Waals surface area contributed by atoms with E-state index in [4.69, 9.17) is 4.74 Å². The molecule has 0 spiro atoms. The number of piperidine rings is 1. The van der Waals surface area contributed by atoms with Crippen molar-refractivity contribution in [1.29, 1.82) is 0 Å². The molecule has 172 valence electrons. The van der Waals surface area contributed by atoms with Crippen LogP contribution < -0.4 is 4.74 Å². The summed E-state index contributed by atoms with van der Waals surface area (Å²) >= 11 is 0. The number of rotatable bonds is 5. The fourth-order valence-corrected chi connectivity index (χ4v) is 4.49. The van der Waals surface area contributed by atoms with Crippen molar-refractivity contribution in [2.24, 2.45) is 5.92 Å². The number of pyridine rings is 1. The second-order valence-corrected chi connectivity index (χ2v) is 8.68. The smallest absolute Gasteiger partial charge is 0.225 e. The summed E-state index contributed by atoms with van der Waals surface area (Å²) in [7, 11) is 0. The zero-order valence-electron chi connectivity index (χ0n) is 18.5. The number of nitrogens with zero attached hydrogens (tertiary/aromatic N) is 2. The van der Waals surface area contributed by atoms with Gasteiger partial charge in [0.2, 0.25) is 5.91 Å². The van der Waals surface area contributed by atoms with Crippen LogP contribution in [0.25, 0.3) is 22.4 Å². The molecule has 2 fully saturated rings. The van der Waals surface area contributed by atoms with Gasteiger partial charge in [-0.25, -0.2) is 4.39 Å². The van der Waals surface area contributed by atoms with Gasteiger partial charge in [-0.3, -0.25) is 9.78 Å². The maximum atomic E-state index is 15.2. The van der Waals surface area contributed by atoms with E-state index in [-0.39, 0.29) is 30.2 Å². The van der Waals surface area contributed by atoms with Crippen LogP contribution in [0.2, 0.25) is 0 Å². The van der Waals surface area contributed by atoms with Crippen molar-refractivity contribution >= 4 is 18.3 Å². The van der Waals surface area contributed by atoms with Crippen LogP contribution in [0.5, 0.6) is 5.75 Å². The average molecular weight is 467 g/mol. The molecule has 0 radical (unpaired) electrons. The number of carbonyl (C=O) groups is 1. The number of aromatic nitrogens is 1. The first-order valence-electron chi connectivity index (χ1n) is 11.4. The molecule has 1 aliphatic heterocycles. The molecule has 0 atom stereocenters. The van der Waals surface area contributed by atoms with Crippen molar-refractivity contribution in [2.45, 2.75) is 38.2 Å². The van der Waals surface area contributed by atoms with Crippen molar-refractivity contribution in [3.63, 3.8) is 0 Å². The number of ether oxygens (including phenoxy) is 1. The molecule has 3 aromatic rings. The van der Waals surface area contributed by atoms with Crippen LogP contribution in [0.15, 0.2) is 66.9 Å². The SMILES string of the molecule is Cl.O=C(C1CCC1)N1CCC(Oc2ccc(-c3cccc(-c4ccccn4)c3F)cc2)CC1. The Morgan fingerprint density at radius 3 is 2.27 bits per heavy atom. The van der Waals surface area contributed by atoms with Crippen LogP contribution in [0.4, 0.5) is 4.39 Å². The summed E-state index contributed by atoms with van der Waals surface area (Å²) in [6.07, 6.45) is 6.75. The molecule has 1 aromatic heterocycles. The van der Waals surface area contributed by atoms with Gasteiger partial charge >= 0.3 is 0 Å². The maximum absolute atomic E-state index is 15.2. The van der Waals surface area contributed by atoms with Crippen LogP contribution in [0.3, 0.4) is 0 Å². The molecule has 1 saturated heterocycles. The minimum atomic E-state index is -0.275. The van der Waals surface area contributed by atoms with Crippen LogP contribution in [0, 0.1) is 11.7 Å². The summed E-state index contributed by atoms with van der Waals surface area (Å²) in [6.45, 7) is 1.53. The molecule has 33 heavy (non-hydrogen) atoms. The first-order chi connectivity index (χ1) is 15.7. The fourth-order valence-electron chi connectivity index (χ4n) is 4.49. The highest BCUT2D eigenvalue weighted by molar-refractivity contribution is 5.85. The molecule has 4 nitrogen and oxygen atoms in total. The first-order valence-corrected chi connectivity index (χ1v) is 11.4. The van der Waals surface area contributed by atoms with E-state index >= 15 is 4.39 Å². The average Bonchev–Trinajstić information content (AvgIpc) is 2.80. The fraction of sp³-hybridized carbons (Fsp3) is 0.333. The van der Waals surface area contributed by atoms with Gasteiger partial charge in [0.1, 0.15) is 17.7 Å². The molecular weight excluding hydrogens is 439 g/mol. The van der Waals surface area contributed by atoms with Crippen molar-refractivity contribution < 1.29 is 13.9 Å². The number of likely N-dealkylation sites (tertiary alicyclic amines) is 1. The number of halogens is 2. The molecular formula is C27H28ClFN2O2. The van der Waals surface area contributed by atoms with E-state index in [0.717, 1.165) is 50.1 Å². The quantitative estimate of drug-likeness (QED) is 0.453. The van der Waals surface area contributed by atoms with Crippen LogP contribution >= 0.6 is 12.4 Å². The molecule has 1 amide bonds. The lowest BCUT2D eigenvalue weighted by Crippen LogP contribution is -2.45. The highest BCUT2D eigenvalue weighted by Crippen LogP contribution is 2.32. The Balaban J connectivity index is 0.00000259. The Labute approximate surface area is 200 Å². The van der Waals surface area contributed by atoms with E-state index in [2.05, 4.69) is 4.98 Å². The lowest BCUT2D eigenvalue weighted by Gasteiger charge is -2.36. The predicted octanol–water partition coefficient (Wildman–Crippen LogP) is 6.15. The van der Waals surface area contributed by atoms with Gasteiger partial charge in [-0.15, -0.1) is 12.4 Å². The zero-order valence-corrected chi connectivity index (χ0v) is 19.3. The first kappa shape index (κ1) is 23.2. The van der Waals surface area contributed by atoms with Gasteiger partial charge in [0.15, 0.2) is 0 Å². The van der Waals surface area contributed by atoms with Crippen molar-refractivity contribution in [3.8, 4) is 28.1 Å².